The van der Waals surface area contributed by atoms with E-state index in [1.165, 1.54) is 0 Å². The number of rotatable bonds is 7. The van der Waals surface area contributed by atoms with Crippen molar-refractivity contribution in [1.29, 1.82) is 0 Å². The molecule has 0 saturated carbocycles. The number of hydrogen-bond donors (Lipinski definition) is 2. The molecule has 0 spiro atoms. The lowest BCUT2D eigenvalue weighted by molar-refractivity contribution is -0.122. The Bertz CT molecular complexity index is 290. The number of likely N-dealkylation sites (tertiary alicyclic amines) is 1. The van der Waals surface area contributed by atoms with E-state index in [-0.39, 0.29) is 12.8 Å². The van der Waals surface area contributed by atoms with Gasteiger partial charge in [0.2, 0.25) is 12.3 Å². The second-order valence-corrected chi connectivity index (χ2v) is 4.58. The topological polar surface area (TPSA) is 75.4 Å². The first-order valence-corrected chi connectivity index (χ1v) is 6.04. The second kappa shape index (κ2) is 6.63. The third-order valence-corrected chi connectivity index (χ3v) is 3.17. The van der Waals surface area contributed by atoms with Gasteiger partial charge in [0.1, 0.15) is 6.04 Å². The number of halogens is 2. The molecular weight excluding hydrogens is 244 g/mol. The van der Waals surface area contributed by atoms with Gasteiger partial charge in [-0.3, -0.25) is 9.59 Å². The monoisotopic (exact) mass is 263 g/mol. The van der Waals surface area contributed by atoms with Gasteiger partial charge in [0.25, 0.3) is 5.92 Å². The molecule has 3 N–H and O–H groups in total. The van der Waals surface area contributed by atoms with Crippen molar-refractivity contribution < 1.29 is 18.4 Å². The minimum atomic E-state index is -2.54. The van der Waals surface area contributed by atoms with E-state index in [0.29, 0.717) is 38.9 Å². The van der Waals surface area contributed by atoms with Crippen LogP contribution in [-0.4, -0.2) is 48.8 Å². The van der Waals surface area contributed by atoms with Crippen LogP contribution in [0.1, 0.15) is 25.7 Å². The molecule has 1 rings (SSSR count). The average Bonchev–Trinajstić information content (AvgIpc) is 2.30. The first kappa shape index (κ1) is 14.8. The first-order valence-electron chi connectivity index (χ1n) is 6.04. The summed E-state index contributed by atoms with van der Waals surface area (Å²) in [5.74, 6) is -3.11. The zero-order valence-corrected chi connectivity index (χ0v) is 10.2. The van der Waals surface area contributed by atoms with Crippen LogP contribution >= 0.6 is 0 Å². The molecule has 0 aromatic heterocycles. The van der Waals surface area contributed by atoms with E-state index < -0.39 is 17.9 Å². The molecule has 1 heterocycles. The van der Waals surface area contributed by atoms with Crippen LogP contribution in [0, 0.1) is 0 Å². The summed E-state index contributed by atoms with van der Waals surface area (Å²) >= 11 is 0. The number of nitrogens with two attached hydrogens (primary N) is 1. The molecule has 2 amide bonds. The van der Waals surface area contributed by atoms with Crippen molar-refractivity contribution in [3.63, 3.8) is 0 Å². The molecule has 18 heavy (non-hydrogen) atoms. The predicted octanol–water partition coefficient (Wildman–Crippen LogP) is 0.0976. The van der Waals surface area contributed by atoms with Gasteiger partial charge in [0, 0.05) is 25.9 Å². The van der Waals surface area contributed by atoms with Crippen LogP contribution in [0.4, 0.5) is 8.78 Å². The van der Waals surface area contributed by atoms with Gasteiger partial charge in [-0.1, -0.05) is 0 Å². The number of amides is 2. The highest BCUT2D eigenvalue weighted by atomic mass is 19.3. The summed E-state index contributed by atoms with van der Waals surface area (Å²) in [6.45, 7) is 1.38. The third kappa shape index (κ3) is 4.95. The molecule has 1 atom stereocenters. The van der Waals surface area contributed by atoms with Crippen molar-refractivity contribution in [3.05, 3.63) is 0 Å². The van der Waals surface area contributed by atoms with E-state index in [1.807, 2.05) is 4.90 Å². The van der Waals surface area contributed by atoms with Crippen molar-refractivity contribution in [3.8, 4) is 0 Å². The summed E-state index contributed by atoms with van der Waals surface area (Å²) in [7, 11) is 0. The molecule has 0 aromatic rings. The predicted molar refractivity (Wildman–Crippen MR) is 62.0 cm³/mol. The fourth-order valence-electron chi connectivity index (χ4n) is 2.01. The van der Waals surface area contributed by atoms with Crippen LogP contribution in [0.2, 0.25) is 0 Å². The molecule has 1 aliphatic heterocycles. The summed E-state index contributed by atoms with van der Waals surface area (Å²) in [6.07, 6.45) is 1.29. The minimum Gasteiger partial charge on any atom is -0.368 e. The Kier molecular flexibility index (Phi) is 5.46. The molecule has 1 saturated heterocycles. The summed E-state index contributed by atoms with van der Waals surface area (Å²) < 4.78 is 25.8. The fourth-order valence-corrected chi connectivity index (χ4v) is 2.01. The van der Waals surface area contributed by atoms with Gasteiger partial charge in [0.05, 0.1) is 0 Å². The van der Waals surface area contributed by atoms with Crippen LogP contribution in [0.5, 0.6) is 0 Å². The fraction of sp³-hybridized carbons (Fsp3) is 0.818. The summed E-state index contributed by atoms with van der Waals surface area (Å²) in [5.41, 5.74) is 5.10. The molecule has 104 valence electrons. The lowest BCUT2D eigenvalue weighted by Crippen LogP contribution is -2.42. The number of alkyl halides is 2. The van der Waals surface area contributed by atoms with E-state index in [4.69, 9.17) is 5.73 Å². The van der Waals surface area contributed by atoms with Crippen molar-refractivity contribution in [2.45, 2.75) is 37.6 Å². The lowest BCUT2D eigenvalue weighted by atomic mass is 10.1. The molecule has 1 unspecified atom stereocenters. The number of hydrogen-bond acceptors (Lipinski definition) is 3. The van der Waals surface area contributed by atoms with Crippen LogP contribution in [-0.2, 0) is 9.59 Å². The van der Waals surface area contributed by atoms with Crippen molar-refractivity contribution in [2.75, 3.05) is 19.6 Å². The normalized spacial score (nSPS) is 21.2. The maximum Gasteiger partial charge on any atom is 0.250 e. The largest absolute Gasteiger partial charge is 0.368 e. The highest BCUT2D eigenvalue weighted by Gasteiger charge is 2.33. The molecule has 0 aromatic carbocycles. The van der Waals surface area contributed by atoms with Gasteiger partial charge in [-0.2, -0.15) is 0 Å². The van der Waals surface area contributed by atoms with Crippen LogP contribution in [0.15, 0.2) is 0 Å². The van der Waals surface area contributed by atoms with Gasteiger partial charge in [-0.05, 0) is 19.4 Å². The number of nitrogens with zero attached hydrogens (tertiary/aromatic N) is 1. The molecule has 0 bridgehead atoms. The zero-order chi connectivity index (χ0) is 13.6. The van der Waals surface area contributed by atoms with Crippen molar-refractivity contribution in [1.82, 2.24) is 10.2 Å². The van der Waals surface area contributed by atoms with Gasteiger partial charge >= 0.3 is 0 Å². The maximum absolute atomic E-state index is 12.9. The highest BCUT2D eigenvalue weighted by molar-refractivity contribution is 5.81. The van der Waals surface area contributed by atoms with E-state index in [9.17, 15) is 18.4 Å². The molecular formula is C11H19F2N3O2. The lowest BCUT2D eigenvalue weighted by Gasteiger charge is -2.31. The maximum atomic E-state index is 12.9. The van der Waals surface area contributed by atoms with Gasteiger partial charge in [-0.25, -0.2) is 8.78 Å². The Morgan fingerprint density at radius 3 is 2.56 bits per heavy atom. The molecule has 0 aliphatic carbocycles. The number of nitrogens with one attached hydrogen (secondary N) is 1. The number of primary amides is 1. The number of piperidine rings is 1. The standard InChI is InChI=1S/C11H19F2N3O2/c12-11(13)3-6-16(7-4-11)5-1-2-9(10(14)18)15-8-17/h8-9H,1-7H2,(H2,14,18)(H,15,17). The van der Waals surface area contributed by atoms with E-state index in [2.05, 4.69) is 5.32 Å². The van der Waals surface area contributed by atoms with E-state index >= 15 is 0 Å². The van der Waals surface area contributed by atoms with Crippen LogP contribution in [0.3, 0.4) is 0 Å². The number of carbonyl (C=O) groups is 2. The van der Waals surface area contributed by atoms with E-state index in [0.717, 1.165) is 0 Å². The third-order valence-electron chi connectivity index (χ3n) is 3.17. The van der Waals surface area contributed by atoms with Crippen molar-refractivity contribution >= 4 is 12.3 Å². The zero-order valence-electron chi connectivity index (χ0n) is 10.2. The van der Waals surface area contributed by atoms with Gasteiger partial charge in [-0.15, -0.1) is 0 Å². The molecule has 0 radical (unpaired) electrons. The Hall–Kier alpha value is -1.24. The quantitative estimate of drug-likeness (QED) is 0.640. The van der Waals surface area contributed by atoms with Gasteiger partial charge in [0.15, 0.2) is 0 Å². The average molecular weight is 263 g/mol. The van der Waals surface area contributed by atoms with E-state index in [1.54, 1.807) is 0 Å². The number of carbonyl (C=O) groups excluding carboxylic acids is 2. The summed E-state index contributed by atoms with van der Waals surface area (Å²) in [5, 5.41) is 2.34. The molecule has 7 heteroatoms. The second-order valence-electron chi connectivity index (χ2n) is 4.58. The van der Waals surface area contributed by atoms with Crippen LogP contribution < -0.4 is 11.1 Å². The van der Waals surface area contributed by atoms with Crippen LogP contribution in [0.25, 0.3) is 0 Å². The molecule has 1 aliphatic rings. The Labute approximate surface area is 105 Å². The molecule has 1 fully saturated rings. The first-order chi connectivity index (χ1) is 8.44. The van der Waals surface area contributed by atoms with Crippen molar-refractivity contribution in [2.24, 2.45) is 5.73 Å². The Morgan fingerprint density at radius 2 is 2.06 bits per heavy atom. The minimum absolute atomic E-state index is 0.112. The highest BCUT2D eigenvalue weighted by Crippen LogP contribution is 2.27. The van der Waals surface area contributed by atoms with Gasteiger partial charge < -0.3 is 16.0 Å². The molecule has 5 nitrogen and oxygen atoms in total. The summed E-state index contributed by atoms with van der Waals surface area (Å²) in [6, 6.07) is -0.672. The Balaban J connectivity index is 2.21. The Morgan fingerprint density at radius 1 is 1.44 bits per heavy atom. The summed E-state index contributed by atoms with van der Waals surface area (Å²) in [4.78, 5) is 23.1. The SMILES string of the molecule is NC(=O)C(CCCN1CCC(F)(F)CC1)NC=O. The smallest absolute Gasteiger partial charge is 0.250 e.